The Morgan fingerprint density at radius 3 is 1.25 bits per heavy atom. The van der Waals surface area contributed by atoms with E-state index < -0.39 is 42.4 Å². The van der Waals surface area contributed by atoms with Gasteiger partial charge in [0.2, 0.25) is 0 Å². The average Bonchev–Trinajstić information content (AvgIpc) is 3.59. The molecule has 0 saturated carbocycles. The summed E-state index contributed by atoms with van der Waals surface area (Å²) in [6.45, 7) is 0. The maximum Gasteiger partial charge on any atom is 0.284 e. The molecule has 0 bridgehead atoms. The third-order valence-corrected chi connectivity index (χ3v) is 8.10. The fourth-order valence-corrected chi connectivity index (χ4v) is 6.19. The number of para-hydroxylation sites is 4. The number of fused-ring (bicyclic) bond motifs is 4. The Morgan fingerprint density at radius 2 is 0.875 bits per heavy atom. The quantitative estimate of drug-likeness (QED) is 0.121. The molecule has 0 fully saturated rings. The molecule has 5 aromatic rings. The molecule has 0 aromatic heterocycles. The number of hydrogen-bond donors (Lipinski definition) is 0. The highest BCUT2D eigenvalue weighted by molar-refractivity contribution is 6.09. The Kier molecular flexibility index (Phi) is 6.94. The second kappa shape index (κ2) is 11.3. The van der Waals surface area contributed by atoms with E-state index in [1.165, 1.54) is 6.08 Å². The molecule has 5 aromatic carbocycles. The minimum absolute atomic E-state index is 0.0422. The Balaban J connectivity index is 1.57. The van der Waals surface area contributed by atoms with E-state index in [1.54, 1.807) is 6.08 Å². The summed E-state index contributed by atoms with van der Waals surface area (Å²) in [7, 11) is 0. The molecular weight excluding hydrogens is 620 g/mol. The zero-order valence-electron chi connectivity index (χ0n) is 24.5. The van der Waals surface area contributed by atoms with E-state index in [0.29, 0.717) is 5.82 Å². The Labute approximate surface area is 270 Å². The summed E-state index contributed by atoms with van der Waals surface area (Å²) in [5.74, 6) is 0.580. The first-order valence-electron chi connectivity index (χ1n) is 14.3. The molecule has 0 atom stereocenters. The largest absolute Gasteiger partial charge is 0.294 e. The van der Waals surface area contributed by atoms with Crippen LogP contribution in [0.4, 0.5) is 45.5 Å². The number of anilines is 4. The third kappa shape index (κ3) is 4.68. The van der Waals surface area contributed by atoms with Crippen LogP contribution in [-0.4, -0.2) is 19.7 Å². The summed E-state index contributed by atoms with van der Waals surface area (Å²) in [6.07, 6.45) is 3.21. The summed E-state index contributed by atoms with van der Waals surface area (Å²) < 4.78 is 0. The molecule has 234 valence electrons. The van der Waals surface area contributed by atoms with Crippen LogP contribution in [0.25, 0.3) is 16.7 Å². The Bertz CT molecular complexity index is 2120. The van der Waals surface area contributed by atoms with E-state index in [2.05, 4.69) is 0 Å². The lowest BCUT2D eigenvalue weighted by Crippen LogP contribution is -2.21. The molecule has 7 rings (SSSR count). The number of nitro benzene ring substituents is 4. The van der Waals surface area contributed by atoms with Gasteiger partial charge in [-0.25, -0.2) is 0 Å². The van der Waals surface area contributed by atoms with Gasteiger partial charge in [-0.15, -0.1) is 0 Å². The van der Waals surface area contributed by atoms with Crippen LogP contribution in [-0.2, 0) is 0 Å². The van der Waals surface area contributed by atoms with Crippen LogP contribution in [0.5, 0.6) is 0 Å². The highest BCUT2D eigenvalue weighted by Gasteiger charge is 2.40. The van der Waals surface area contributed by atoms with Crippen LogP contribution < -0.4 is 9.80 Å². The maximum atomic E-state index is 12.3. The van der Waals surface area contributed by atoms with Crippen molar-refractivity contribution in [3.05, 3.63) is 179 Å². The predicted octanol–water partition coefficient (Wildman–Crippen LogP) is 8.56. The van der Waals surface area contributed by atoms with Gasteiger partial charge in [-0.05, 0) is 48.0 Å². The second-order valence-corrected chi connectivity index (χ2v) is 10.7. The monoisotopic (exact) mass is 640 g/mol. The fourth-order valence-electron chi connectivity index (χ4n) is 6.19. The lowest BCUT2D eigenvalue weighted by atomic mass is 10.0. The lowest BCUT2D eigenvalue weighted by molar-refractivity contribution is -0.395. The topological polar surface area (TPSA) is 179 Å². The van der Waals surface area contributed by atoms with Gasteiger partial charge in [0.05, 0.1) is 54.3 Å². The van der Waals surface area contributed by atoms with E-state index in [9.17, 15) is 40.5 Å². The van der Waals surface area contributed by atoms with Crippen LogP contribution in [0.3, 0.4) is 0 Å². The molecule has 1 heterocycles. The average molecular weight is 641 g/mol. The van der Waals surface area contributed by atoms with Crippen LogP contribution in [0.1, 0.15) is 11.1 Å². The number of non-ortho nitro benzene ring substituents is 2. The first-order chi connectivity index (χ1) is 23.2. The first-order valence-corrected chi connectivity index (χ1v) is 14.3. The minimum Gasteiger partial charge on any atom is -0.294 e. The second-order valence-electron chi connectivity index (χ2n) is 10.7. The summed E-state index contributed by atoms with van der Waals surface area (Å²) in [5.41, 5.74) is 0.0596. The summed E-state index contributed by atoms with van der Waals surface area (Å²) in [5, 5.41) is 48.3. The lowest BCUT2D eigenvalue weighted by Gasteiger charge is -2.25. The van der Waals surface area contributed by atoms with Crippen molar-refractivity contribution in [2.24, 2.45) is 0 Å². The summed E-state index contributed by atoms with van der Waals surface area (Å²) in [6, 6.07) is 30.2. The van der Waals surface area contributed by atoms with Crippen LogP contribution in [0.2, 0.25) is 0 Å². The molecule has 1 aliphatic heterocycles. The van der Waals surface area contributed by atoms with Crippen LogP contribution in [0, 0.1) is 40.5 Å². The van der Waals surface area contributed by atoms with Crippen molar-refractivity contribution in [2.45, 2.75) is 0 Å². The molecule has 0 unspecified atom stereocenters. The van der Waals surface area contributed by atoms with Crippen molar-refractivity contribution in [1.82, 2.24) is 0 Å². The molecule has 0 radical (unpaired) electrons. The number of nitrogens with zero attached hydrogens (tertiary/aromatic N) is 6. The van der Waals surface area contributed by atoms with Crippen LogP contribution in [0.15, 0.2) is 127 Å². The Hall–Kier alpha value is -7.22. The molecule has 48 heavy (non-hydrogen) atoms. The number of rotatable bonds is 7. The van der Waals surface area contributed by atoms with E-state index >= 15 is 0 Å². The number of nitro groups is 4. The van der Waals surface area contributed by atoms with Crippen molar-refractivity contribution in [3.63, 3.8) is 0 Å². The zero-order chi connectivity index (χ0) is 33.7. The zero-order valence-corrected chi connectivity index (χ0v) is 24.5. The normalized spacial score (nSPS) is 12.7. The number of allylic oxidation sites excluding steroid dienone is 2. The van der Waals surface area contributed by atoms with Crippen molar-refractivity contribution in [2.75, 3.05) is 9.80 Å². The van der Waals surface area contributed by atoms with Gasteiger partial charge in [0, 0.05) is 34.6 Å². The van der Waals surface area contributed by atoms with Gasteiger partial charge in [-0.3, -0.25) is 50.3 Å². The molecule has 14 nitrogen and oxygen atoms in total. The van der Waals surface area contributed by atoms with Gasteiger partial charge in [0.15, 0.2) is 0 Å². The van der Waals surface area contributed by atoms with Gasteiger partial charge in [0.1, 0.15) is 5.82 Å². The smallest absolute Gasteiger partial charge is 0.284 e. The molecule has 0 saturated heterocycles. The molecule has 2 aliphatic rings. The number of benzene rings is 5. The van der Waals surface area contributed by atoms with Gasteiger partial charge in [-0.1, -0.05) is 54.6 Å². The summed E-state index contributed by atoms with van der Waals surface area (Å²) >= 11 is 0. The molecule has 14 heteroatoms. The van der Waals surface area contributed by atoms with Crippen LogP contribution >= 0.6 is 0 Å². The molecule has 0 N–H and O–H groups in total. The van der Waals surface area contributed by atoms with Crippen molar-refractivity contribution < 1.29 is 19.7 Å². The predicted molar refractivity (Wildman–Crippen MR) is 177 cm³/mol. The molecule has 0 spiro atoms. The summed E-state index contributed by atoms with van der Waals surface area (Å²) in [4.78, 5) is 49.0. The van der Waals surface area contributed by atoms with Crippen molar-refractivity contribution in [3.8, 4) is 11.1 Å². The fraction of sp³-hybridized carbons (Fsp3) is 0. The van der Waals surface area contributed by atoms with E-state index in [1.807, 2.05) is 94.7 Å². The molecular formula is C34H20N6O8. The van der Waals surface area contributed by atoms with Gasteiger partial charge in [-0.2, -0.15) is 0 Å². The van der Waals surface area contributed by atoms with E-state index in [4.69, 9.17) is 0 Å². The highest BCUT2D eigenvalue weighted by Crippen LogP contribution is 2.55. The van der Waals surface area contributed by atoms with Gasteiger partial charge in [0.25, 0.3) is 22.7 Å². The van der Waals surface area contributed by atoms with E-state index in [0.717, 1.165) is 47.0 Å². The molecule has 0 amide bonds. The van der Waals surface area contributed by atoms with Gasteiger partial charge >= 0.3 is 0 Å². The highest BCUT2D eigenvalue weighted by atomic mass is 16.6. The minimum atomic E-state index is -0.857. The Morgan fingerprint density at radius 1 is 0.479 bits per heavy atom. The standard InChI is InChI=1S/C34H20N6O8/c41-37(42)23-17-26-25(27-18-24(38(43)44)20-31(40(47)48)34(27)33(26)30(19-23)39(45)46)15-16-32-35(21-9-3-1-4-10-21)28-13-7-8-14-29(28)36(32)22-11-5-2-6-12-22/h1-20H. The number of hydrogen-bond acceptors (Lipinski definition) is 10. The van der Waals surface area contributed by atoms with Crippen molar-refractivity contribution >= 4 is 51.1 Å². The SMILES string of the molecule is O=[N+]([O-])c1cc2c(c([N+](=O)[O-])c1)-c1c(cc([N+](=O)[O-])cc1[N+](=O)[O-])C2=CC=C1N(c2ccccc2)c2ccccc2N1c1ccccc1. The van der Waals surface area contributed by atoms with E-state index in [-0.39, 0.29) is 27.8 Å². The molecule has 1 aliphatic carbocycles. The van der Waals surface area contributed by atoms with Crippen molar-refractivity contribution in [1.29, 1.82) is 0 Å². The first kappa shape index (κ1) is 29.5. The maximum absolute atomic E-state index is 12.3. The third-order valence-electron chi connectivity index (χ3n) is 8.10. The van der Waals surface area contributed by atoms with Gasteiger partial charge < -0.3 is 0 Å².